The lowest BCUT2D eigenvalue weighted by Crippen LogP contribution is -2.55. The zero-order valence-corrected chi connectivity index (χ0v) is 15.9. The molecule has 1 aromatic heterocycles. The van der Waals surface area contributed by atoms with E-state index < -0.39 is 35.8 Å². The number of hydrogen-bond donors (Lipinski definition) is 4. The van der Waals surface area contributed by atoms with Crippen molar-refractivity contribution in [2.75, 3.05) is 23.4 Å². The second-order valence-corrected chi connectivity index (χ2v) is 6.61. The zero-order valence-electron chi connectivity index (χ0n) is 15.9. The van der Waals surface area contributed by atoms with Gasteiger partial charge in [0.25, 0.3) is 11.8 Å². The van der Waals surface area contributed by atoms with Gasteiger partial charge in [0.1, 0.15) is 11.7 Å². The van der Waals surface area contributed by atoms with Crippen LogP contribution in [0.5, 0.6) is 0 Å². The monoisotopic (exact) mass is 437 g/mol. The zero-order chi connectivity index (χ0) is 22.8. The summed E-state index contributed by atoms with van der Waals surface area (Å²) in [6.07, 6.45) is -7.41. The van der Waals surface area contributed by atoms with Crippen molar-refractivity contribution in [1.82, 2.24) is 4.98 Å². The fraction of sp³-hybridized carbons (Fsp3) is 0.263. The van der Waals surface area contributed by atoms with Gasteiger partial charge in [0.05, 0.1) is 18.7 Å². The number of nitrogens with one attached hydrogen (secondary N) is 2. The van der Waals surface area contributed by atoms with Crippen LogP contribution in [0, 0.1) is 5.41 Å². The maximum Gasteiger partial charge on any atom is 0.417 e. The number of hydrogen-bond acceptors (Lipinski definition) is 6. The number of anilines is 2. The van der Waals surface area contributed by atoms with E-state index >= 15 is 0 Å². The number of carbonyl (C=O) groups is 2. The largest absolute Gasteiger partial charge is 0.417 e. The van der Waals surface area contributed by atoms with Gasteiger partial charge in [-0.05, 0) is 36.4 Å². The summed E-state index contributed by atoms with van der Waals surface area (Å²) < 4.78 is 43.3. The number of morpholine rings is 1. The molecule has 1 saturated heterocycles. The highest BCUT2D eigenvalue weighted by atomic mass is 19.4. The Kier molecular flexibility index (Phi) is 6.22. The minimum atomic E-state index is -4.57. The van der Waals surface area contributed by atoms with Crippen LogP contribution in [0.4, 0.5) is 24.7 Å². The molecule has 1 aromatic carbocycles. The number of benzene rings is 1. The summed E-state index contributed by atoms with van der Waals surface area (Å²) in [7, 11) is 0. The van der Waals surface area contributed by atoms with Gasteiger partial charge in [-0.25, -0.2) is 4.98 Å². The number of amides is 2. The van der Waals surface area contributed by atoms with E-state index in [9.17, 15) is 27.9 Å². The van der Waals surface area contributed by atoms with Crippen LogP contribution in [0.15, 0.2) is 42.6 Å². The fourth-order valence-electron chi connectivity index (χ4n) is 2.86. The molecule has 0 spiro atoms. The third-order valence-corrected chi connectivity index (χ3v) is 4.49. The molecule has 2 amide bonds. The van der Waals surface area contributed by atoms with E-state index in [0.29, 0.717) is 17.4 Å². The highest BCUT2D eigenvalue weighted by molar-refractivity contribution is 6.03. The van der Waals surface area contributed by atoms with E-state index in [1.165, 1.54) is 24.3 Å². The molecule has 0 aliphatic carbocycles. The van der Waals surface area contributed by atoms with E-state index in [-0.39, 0.29) is 24.8 Å². The number of ether oxygens (including phenoxy) is 1. The Morgan fingerprint density at radius 3 is 2.52 bits per heavy atom. The van der Waals surface area contributed by atoms with Crippen molar-refractivity contribution in [3.63, 3.8) is 0 Å². The van der Waals surface area contributed by atoms with Gasteiger partial charge in [-0.3, -0.25) is 19.9 Å². The van der Waals surface area contributed by atoms with Gasteiger partial charge in [0.15, 0.2) is 12.2 Å². The Morgan fingerprint density at radius 1 is 1.29 bits per heavy atom. The molecule has 9 nitrogen and oxygen atoms in total. The van der Waals surface area contributed by atoms with Crippen LogP contribution >= 0.6 is 0 Å². The standard InChI is InChI=1S/C19H18F3N5O4/c20-19(21,22)11-3-6-13(25-9-11)27-7-8-31-15(18(27)30)14(28)17(29)26-12-4-1-10(2-5-12)16(23)24/h1-6,9,14-15,28H,7-8H2,(H3,23,24)(H,26,29)/t14?,15-/m1/s1. The molecule has 1 aliphatic heterocycles. The third kappa shape index (κ3) is 4.98. The molecule has 1 fully saturated rings. The second kappa shape index (κ2) is 8.70. The van der Waals surface area contributed by atoms with Crippen molar-refractivity contribution in [3.8, 4) is 0 Å². The van der Waals surface area contributed by atoms with Gasteiger partial charge in [-0.1, -0.05) is 0 Å². The lowest BCUT2D eigenvalue weighted by molar-refractivity contribution is -0.150. The smallest absolute Gasteiger partial charge is 0.384 e. The van der Waals surface area contributed by atoms with Crippen LogP contribution in [-0.2, 0) is 20.5 Å². The molecule has 1 unspecified atom stereocenters. The van der Waals surface area contributed by atoms with Crippen LogP contribution in [0.1, 0.15) is 11.1 Å². The molecule has 2 aromatic rings. The summed E-state index contributed by atoms with van der Waals surface area (Å²) in [6.45, 7) is -0.0642. The highest BCUT2D eigenvalue weighted by Gasteiger charge is 2.40. The number of amidine groups is 1. The van der Waals surface area contributed by atoms with Crippen LogP contribution < -0.4 is 16.0 Å². The predicted octanol–water partition coefficient (Wildman–Crippen LogP) is 1.12. The summed E-state index contributed by atoms with van der Waals surface area (Å²) in [5, 5.41) is 20.1. The summed E-state index contributed by atoms with van der Waals surface area (Å²) in [5.74, 6) is -1.95. The predicted molar refractivity (Wildman–Crippen MR) is 103 cm³/mol. The molecular formula is C19H18F3N5O4. The van der Waals surface area contributed by atoms with Crippen molar-refractivity contribution < 1.29 is 32.6 Å². The van der Waals surface area contributed by atoms with Crippen LogP contribution in [0.2, 0.25) is 0 Å². The molecule has 0 bridgehead atoms. The minimum absolute atomic E-state index is 0.00541. The number of aromatic nitrogens is 1. The maximum atomic E-state index is 12.7. The average molecular weight is 437 g/mol. The number of halogens is 3. The molecular weight excluding hydrogens is 419 g/mol. The molecule has 3 rings (SSSR count). The topological polar surface area (TPSA) is 142 Å². The Morgan fingerprint density at radius 2 is 1.97 bits per heavy atom. The fourth-order valence-corrected chi connectivity index (χ4v) is 2.86. The van der Waals surface area contributed by atoms with E-state index in [1.54, 1.807) is 0 Å². The summed E-state index contributed by atoms with van der Waals surface area (Å²) >= 11 is 0. The van der Waals surface area contributed by atoms with Gasteiger partial charge in [-0.2, -0.15) is 13.2 Å². The normalized spacial score (nSPS) is 17.9. The quantitative estimate of drug-likeness (QED) is 0.408. The van der Waals surface area contributed by atoms with E-state index in [4.69, 9.17) is 15.9 Å². The second-order valence-electron chi connectivity index (χ2n) is 6.61. The Hall–Kier alpha value is -3.51. The molecule has 12 heteroatoms. The van der Waals surface area contributed by atoms with Gasteiger partial charge in [-0.15, -0.1) is 0 Å². The highest BCUT2D eigenvalue weighted by Crippen LogP contribution is 2.30. The van der Waals surface area contributed by atoms with Crippen molar-refractivity contribution in [2.24, 2.45) is 5.73 Å². The number of nitrogen functional groups attached to an aromatic ring is 1. The number of nitrogens with two attached hydrogens (primary N) is 1. The minimum Gasteiger partial charge on any atom is -0.384 e. The molecule has 0 radical (unpaired) electrons. The van der Waals surface area contributed by atoms with E-state index in [2.05, 4.69) is 10.3 Å². The van der Waals surface area contributed by atoms with Gasteiger partial charge < -0.3 is 20.9 Å². The van der Waals surface area contributed by atoms with Crippen LogP contribution in [0.3, 0.4) is 0 Å². The van der Waals surface area contributed by atoms with E-state index in [1.807, 2.05) is 0 Å². The number of aliphatic hydroxyl groups is 1. The van der Waals surface area contributed by atoms with E-state index in [0.717, 1.165) is 17.0 Å². The molecule has 31 heavy (non-hydrogen) atoms. The summed E-state index contributed by atoms with van der Waals surface area (Å²) in [6, 6.07) is 7.72. The molecule has 2 atom stereocenters. The Bertz CT molecular complexity index is 980. The first-order valence-corrected chi connectivity index (χ1v) is 8.97. The van der Waals surface area contributed by atoms with Crippen molar-refractivity contribution in [2.45, 2.75) is 18.4 Å². The molecule has 2 heterocycles. The maximum absolute atomic E-state index is 12.7. The molecule has 1 aliphatic rings. The number of rotatable bonds is 5. The third-order valence-electron chi connectivity index (χ3n) is 4.49. The number of alkyl halides is 3. The first-order chi connectivity index (χ1) is 14.6. The van der Waals surface area contributed by atoms with Gasteiger partial charge in [0, 0.05) is 17.4 Å². The lowest BCUT2D eigenvalue weighted by Gasteiger charge is -2.33. The summed E-state index contributed by atoms with van der Waals surface area (Å²) in [5.41, 5.74) is 5.11. The first kappa shape index (κ1) is 22.2. The Balaban J connectivity index is 1.69. The van der Waals surface area contributed by atoms with Gasteiger partial charge in [0.2, 0.25) is 0 Å². The Labute approximate surface area is 174 Å². The van der Waals surface area contributed by atoms with Crippen molar-refractivity contribution >= 4 is 29.2 Å². The number of aliphatic hydroxyl groups excluding tert-OH is 1. The first-order valence-electron chi connectivity index (χ1n) is 8.97. The van der Waals surface area contributed by atoms with Crippen molar-refractivity contribution in [1.29, 1.82) is 5.41 Å². The SMILES string of the molecule is N=C(N)c1ccc(NC(=O)C(O)[C@H]2OCCN(c3ccc(C(F)(F)F)cn3)C2=O)cc1. The molecule has 5 N–H and O–H groups in total. The van der Waals surface area contributed by atoms with Crippen molar-refractivity contribution in [3.05, 3.63) is 53.7 Å². The molecule has 0 saturated carbocycles. The lowest BCUT2D eigenvalue weighted by atomic mass is 10.1. The van der Waals surface area contributed by atoms with Gasteiger partial charge >= 0.3 is 6.18 Å². The molecule has 164 valence electrons. The van der Waals surface area contributed by atoms with Crippen LogP contribution in [-0.4, -0.2) is 53.1 Å². The van der Waals surface area contributed by atoms with Crippen LogP contribution in [0.25, 0.3) is 0 Å². The summed E-state index contributed by atoms with van der Waals surface area (Å²) in [4.78, 5) is 29.8. The number of pyridine rings is 1. The average Bonchev–Trinajstić information content (AvgIpc) is 2.73. The number of nitrogens with zero attached hydrogens (tertiary/aromatic N) is 2. The number of carbonyl (C=O) groups excluding carboxylic acids is 2.